The SMILES string of the molecule is CNCc1cc(N(C)C)c2c(c1O)C(=O)C1=C(O)[C@]3(O)C(=O)C(C(N)=O)=C(O)C[C@@H]3C[C@@H]1C2. The fourth-order valence-electron chi connectivity index (χ4n) is 5.45. The lowest BCUT2D eigenvalue weighted by atomic mass is 9.60. The lowest BCUT2D eigenvalue weighted by molar-refractivity contribution is -0.144. The molecule has 1 aromatic carbocycles. The van der Waals surface area contributed by atoms with Crippen LogP contribution >= 0.6 is 0 Å². The van der Waals surface area contributed by atoms with E-state index < -0.39 is 52.0 Å². The van der Waals surface area contributed by atoms with Crippen molar-refractivity contribution in [1.82, 2.24) is 5.32 Å². The second kappa shape index (κ2) is 7.60. The van der Waals surface area contributed by atoms with E-state index in [-0.39, 0.29) is 42.7 Å². The Hall–Kier alpha value is -3.37. The average molecular weight is 457 g/mol. The van der Waals surface area contributed by atoms with Crippen molar-refractivity contribution in [3.05, 3.63) is 45.4 Å². The maximum atomic E-state index is 13.6. The van der Waals surface area contributed by atoms with E-state index in [0.29, 0.717) is 11.1 Å². The molecule has 0 radical (unpaired) electrons. The van der Waals surface area contributed by atoms with Crippen LogP contribution in [0.15, 0.2) is 28.7 Å². The highest BCUT2D eigenvalue weighted by atomic mass is 16.3. The minimum atomic E-state index is -2.56. The van der Waals surface area contributed by atoms with Crippen LogP contribution in [0.2, 0.25) is 0 Å². The van der Waals surface area contributed by atoms with E-state index in [0.717, 1.165) is 5.69 Å². The van der Waals surface area contributed by atoms with Gasteiger partial charge in [0.25, 0.3) is 5.91 Å². The van der Waals surface area contributed by atoms with Gasteiger partial charge in [-0.15, -0.1) is 0 Å². The standard InChI is InChI=1S/C23H27N3O7/c1-25-8-10-6-13(26(2)3)12-5-9-4-11-7-14(27)17(22(24)32)21(31)23(11,33)20(30)15(9)19(29)16(12)18(10)28/h6,9,11,25,27-28,30,33H,4-5,7-8H2,1-3H3,(H2,24,32)/t9-,11+,23+/m1/s1. The number of nitrogens with two attached hydrogens (primary N) is 1. The lowest BCUT2D eigenvalue weighted by Crippen LogP contribution is -2.57. The van der Waals surface area contributed by atoms with Crippen LogP contribution < -0.4 is 16.0 Å². The Labute approximate surface area is 190 Å². The van der Waals surface area contributed by atoms with Crippen LogP contribution in [-0.4, -0.2) is 64.6 Å². The van der Waals surface area contributed by atoms with Gasteiger partial charge in [-0.1, -0.05) is 0 Å². The predicted octanol–water partition coefficient (Wildman–Crippen LogP) is 0.366. The molecular formula is C23H27N3O7. The van der Waals surface area contributed by atoms with Crippen molar-refractivity contribution >= 4 is 23.2 Å². The molecule has 33 heavy (non-hydrogen) atoms. The minimum Gasteiger partial charge on any atom is -0.511 e. The molecule has 0 bridgehead atoms. The summed E-state index contributed by atoms with van der Waals surface area (Å²) in [4.78, 5) is 40.2. The summed E-state index contributed by atoms with van der Waals surface area (Å²) in [6, 6.07) is 1.80. The number of fused-ring (bicyclic) bond motifs is 3. The number of allylic oxidation sites excluding steroid dienone is 2. The zero-order valence-corrected chi connectivity index (χ0v) is 18.6. The molecule has 4 rings (SSSR count). The van der Waals surface area contributed by atoms with Crippen LogP contribution in [0.25, 0.3) is 0 Å². The lowest BCUT2D eigenvalue weighted by Gasteiger charge is -2.46. The second-order valence-corrected chi connectivity index (χ2v) is 9.09. The molecule has 0 aliphatic heterocycles. The van der Waals surface area contributed by atoms with Crippen LogP contribution in [0, 0.1) is 11.8 Å². The van der Waals surface area contributed by atoms with E-state index in [2.05, 4.69) is 5.32 Å². The molecule has 1 aromatic rings. The molecule has 0 fully saturated rings. The summed E-state index contributed by atoms with van der Waals surface area (Å²) in [6.07, 6.45) is 0.131. The molecule has 0 heterocycles. The van der Waals surface area contributed by atoms with E-state index in [4.69, 9.17) is 5.73 Å². The fraction of sp³-hybridized carbons (Fsp3) is 0.435. The highest BCUT2D eigenvalue weighted by Crippen LogP contribution is 2.52. The number of aliphatic hydroxyl groups excluding tert-OH is 2. The van der Waals surface area contributed by atoms with Crippen molar-refractivity contribution in [3.63, 3.8) is 0 Å². The Bertz CT molecular complexity index is 1170. The van der Waals surface area contributed by atoms with Crippen molar-refractivity contribution in [2.75, 3.05) is 26.0 Å². The van der Waals surface area contributed by atoms with Gasteiger partial charge in [-0.25, -0.2) is 0 Å². The number of hydrogen-bond acceptors (Lipinski definition) is 9. The zero-order valence-electron chi connectivity index (χ0n) is 18.6. The third kappa shape index (κ3) is 3.05. The van der Waals surface area contributed by atoms with Gasteiger partial charge in [-0.3, -0.25) is 14.4 Å². The first-order chi connectivity index (χ1) is 15.4. The third-order valence-corrected chi connectivity index (χ3v) is 6.97. The molecule has 176 valence electrons. The molecule has 10 nitrogen and oxygen atoms in total. The molecule has 7 N–H and O–H groups in total. The Morgan fingerprint density at radius 1 is 1.24 bits per heavy atom. The maximum absolute atomic E-state index is 13.6. The van der Waals surface area contributed by atoms with Crippen LogP contribution in [0.3, 0.4) is 0 Å². The number of primary amides is 1. The summed E-state index contributed by atoms with van der Waals surface area (Å²) in [6.45, 7) is 0.290. The number of rotatable bonds is 4. The van der Waals surface area contributed by atoms with E-state index in [1.54, 1.807) is 13.1 Å². The summed E-state index contributed by atoms with van der Waals surface area (Å²) in [7, 11) is 5.33. The number of amides is 1. The molecule has 10 heteroatoms. The van der Waals surface area contributed by atoms with E-state index >= 15 is 0 Å². The fourth-order valence-corrected chi connectivity index (χ4v) is 5.45. The van der Waals surface area contributed by atoms with Gasteiger partial charge < -0.3 is 36.4 Å². The van der Waals surface area contributed by atoms with Gasteiger partial charge in [0.15, 0.2) is 11.4 Å². The minimum absolute atomic E-state index is 0.0167. The number of ketones is 2. The molecule has 0 saturated carbocycles. The second-order valence-electron chi connectivity index (χ2n) is 9.09. The number of anilines is 1. The quantitative estimate of drug-likeness (QED) is 0.349. The molecule has 3 aliphatic carbocycles. The number of Topliss-reactive ketones (excluding diaryl/α,β-unsaturated/α-hetero) is 2. The van der Waals surface area contributed by atoms with Crippen molar-refractivity contribution in [2.45, 2.75) is 31.4 Å². The Morgan fingerprint density at radius 3 is 2.48 bits per heavy atom. The highest BCUT2D eigenvalue weighted by molar-refractivity contribution is 6.24. The van der Waals surface area contributed by atoms with E-state index in [1.165, 1.54) is 0 Å². The number of nitrogens with one attached hydrogen (secondary N) is 1. The number of aliphatic hydroxyl groups is 3. The van der Waals surface area contributed by atoms with Gasteiger partial charge in [-0.2, -0.15) is 0 Å². The molecular weight excluding hydrogens is 430 g/mol. The number of benzene rings is 1. The summed E-state index contributed by atoms with van der Waals surface area (Å²) >= 11 is 0. The van der Waals surface area contributed by atoms with Crippen molar-refractivity contribution in [1.29, 1.82) is 0 Å². The number of carbonyl (C=O) groups excluding carboxylic acids is 3. The smallest absolute Gasteiger partial charge is 0.255 e. The van der Waals surface area contributed by atoms with Crippen LogP contribution in [0.5, 0.6) is 5.75 Å². The average Bonchev–Trinajstić information content (AvgIpc) is 2.72. The first-order valence-corrected chi connectivity index (χ1v) is 10.6. The zero-order chi connectivity index (χ0) is 24.4. The number of carbonyl (C=O) groups is 3. The van der Waals surface area contributed by atoms with Crippen LogP contribution in [0.1, 0.15) is 34.3 Å². The number of hydrogen-bond donors (Lipinski definition) is 6. The summed E-state index contributed by atoms with van der Waals surface area (Å²) in [5.41, 5.74) is 3.55. The Morgan fingerprint density at radius 2 is 1.91 bits per heavy atom. The molecule has 3 atom stereocenters. The highest BCUT2D eigenvalue weighted by Gasteiger charge is 2.59. The van der Waals surface area contributed by atoms with Gasteiger partial charge in [0.2, 0.25) is 5.78 Å². The van der Waals surface area contributed by atoms with Crippen molar-refractivity contribution < 1.29 is 34.8 Å². The largest absolute Gasteiger partial charge is 0.511 e. The monoisotopic (exact) mass is 457 g/mol. The van der Waals surface area contributed by atoms with Crippen LogP contribution in [-0.2, 0) is 22.6 Å². The molecule has 0 saturated heterocycles. The Balaban J connectivity index is 1.93. The first kappa shape index (κ1) is 22.8. The normalized spacial score (nSPS) is 26.7. The molecule has 3 aliphatic rings. The van der Waals surface area contributed by atoms with E-state index in [9.17, 15) is 34.8 Å². The molecule has 0 spiro atoms. The van der Waals surface area contributed by atoms with Crippen LogP contribution in [0.4, 0.5) is 5.69 Å². The number of phenols is 1. The van der Waals surface area contributed by atoms with Crippen molar-refractivity contribution in [2.24, 2.45) is 17.6 Å². The van der Waals surface area contributed by atoms with Gasteiger partial charge in [0.05, 0.1) is 5.56 Å². The number of aromatic hydroxyl groups is 1. The molecule has 1 amide bonds. The summed E-state index contributed by atoms with van der Waals surface area (Å²) in [5.74, 6) is -6.26. The van der Waals surface area contributed by atoms with Gasteiger partial charge in [0.1, 0.15) is 22.8 Å². The molecule has 0 unspecified atom stereocenters. The summed E-state index contributed by atoms with van der Waals surface area (Å²) < 4.78 is 0. The number of nitrogens with zero attached hydrogens (tertiary/aromatic N) is 1. The topological polar surface area (TPSA) is 173 Å². The van der Waals surface area contributed by atoms with Gasteiger partial charge >= 0.3 is 0 Å². The third-order valence-electron chi connectivity index (χ3n) is 6.97. The van der Waals surface area contributed by atoms with E-state index in [1.807, 2.05) is 19.0 Å². The molecule has 0 aromatic heterocycles. The summed E-state index contributed by atoms with van der Waals surface area (Å²) in [5, 5.41) is 46.4. The van der Waals surface area contributed by atoms with Gasteiger partial charge in [0, 0.05) is 49.8 Å². The predicted molar refractivity (Wildman–Crippen MR) is 118 cm³/mol. The first-order valence-electron chi connectivity index (χ1n) is 10.6. The van der Waals surface area contributed by atoms with Crippen molar-refractivity contribution in [3.8, 4) is 5.75 Å². The number of phenolic OH excluding ortho intramolecular Hbond substituents is 1. The Kier molecular flexibility index (Phi) is 5.25. The van der Waals surface area contributed by atoms with Gasteiger partial charge in [-0.05, 0) is 37.4 Å². The maximum Gasteiger partial charge on any atom is 0.255 e.